The molecule has 1 heterocycles. The third-order valence-corrected chi connectivity index (χ3v) is 9.52. The lowest BCUT2D eigenvalue weighted by atomic mass is 10.2. The SMILES string of the molecule is CCC(=O)CCC(=O)NCCOCCOCC(=O)NC1SSCSS1. The predicted molar refractivity (Wildman–Crippen MR) is 106 cm³/mol. The van der Waals surface area contributed by atoms with E-state index in [0.29, 0.717) is 32.8 Å². The summed E-state index contributed by atoms with van der Waals surface area (Å²) in [6.07, 6.45) is 0.971. The molecule has 0 aromatic heterocycles. The third-order valence-electron chi connectivity index (χ3n) is 2.88. The van der Waals surface area contributed by atoms with Crippen LogP contribution in [-0.2, 0) is 23.9 Å². The van der Waals surface area contributed by atoms with Crippen LogP contribution in [0.5, 0.6) is 0 Å². The van der Waals surface area contributed by atoms with Gasteiger partial charge in [0.05, 0.1) is 24.9 Å². The second-order valence-electron chi connectivity index (χ2n) is 4.85. The Labute approximate surface area is 164 Å². The number of carbonyl (C=O) groups excluding carboxylic acids is 3. The second-order valence-corrected chi connectivity index (χ2v) is 10.5. The zero-order chi connectivity index (χ0) is 18.3. The normalized spacial score (nSPS) is 14.9. The Balaban J connectivity index is 1.87. The first-order chi connectivity index (χ1) is 12.1. The van der Waals surface area contributed by atoms with Crippen molar-refractivity contribution in [2.45, 2.75) is 30.9 Å². The van der Waals surface area contributed by atoms with E-state index in [0.717, 1.165) is 5.08 Å². The number of hydrogen-bond donors (Lipinski definition) is 2. The molecule has 7 nitrogen and oxygen atoms in total. The number of nitrogens with one attached hydrogen (secondary N) is 2. The first-order valence-corrected chi connectivity index (χ1v) is 12.7. The van der Waals surface area contributed by atoms with Gasteiger partial charge in [0.25, 0.3) is 0 Å². The molecular formula is C14H24N2O5S4. The van der Waals surface area contributed by atoms with Crippen LogP contribution in [-0.4, -0.2) is 60.4 Å². The highest BCUT2D eigenvalue weighted by Crippen LogP contribution is 2.47. The zero-order valence-electron chi connectivity index (χ0n) is 14.1. The summed E-state index contributed by atoms with van der Waals surface area (Å²) in [5.74, 6) is -0.194. The Kier molecular flexibility index (Phi) is 13.8. The Morgan fingerprint density at radius 1 is 1.00 bits per heavy atom. The first kappa shape index (κ1) is 23.0. The molecule has 0 aliphatic carbocycles. The van der Waals surface area contributed by atoms with E-state index in [1.54, 1.807) is 50.1 Å². The molecule has 1 aliphatic rings. The predicted octanol–water partition coefficient (Wildman–Crippen LogP) is 2.03. The van der Waals surface area contributed by atoms with Crippen molar-refractivity contribution in [2.75, 3.05) is 38.1 Å². The first-order valence-electron chi connectivity index (χ1n) is 7.91. The van der Waals surface area contributed by atoms with Crippen LogP contribution < -0.4 is 10.6 Å². The second kappa shape index (κ2) is 15.0. The average Bonchev–Trinajstić information content (AvgIpc) is 2.62. The fourth-order valence-electron chi connectivity index (χ4n) is 1.60. The van der Waals surface area contributed by atoms with Crippen LogP contribution in [0.3, 0.4) is 0 Å². The van der Waals surface area contributed by atoms with Crippen molar-refractivity contribution >= 4 is 60.8 Å². The van der Waals surface area contributed by atoms with Crippen LogP contribution >= 0.6 is 43.2 Å². The summed E-state index contributed by atoms with van der Waals surface area (Å²) in [6, 6.07) is 0. The molecule has 0 saturated carbocycles. The average molecular weight is 429 g/mol. The number of rotatable bonds is 13. The lowest BCUT2D eigenvalue weighted by molar-refractivity contribution is -0.126. The van der Waals surface area contributed by atoms with Gasteiger partial charge in [-0.25, -0.2) is 0 Å². The van der Waals surface area contributed by atoms with Gasteiger partial charge in [-0.1, -0.05) is 50.1 Å². The van der Waals surface area contributed by atoms with Crippen molar-refractivity contribution < 1.29 is 23.9 Å². The minimum absolute atomic E-state index is 0.0124. The van der Waals surface area contributed by atoms with Crippen molar-refractivity contribution in [1.29, 1.82) is 0 Å². The number of Topliss-reactive ketones (excluding diaryl/α,β-unsaturated/α-hetero) is 1. The number of ketones is 1. The van der Waals surface area contributed by atoms with Crippen molar-refractivity contribution in [3.8, 4) is 0 Å². The Morgan fingerprint density at radius 3 is 2.44 bits per heavy atom. The minimum atomic E-state index is -0.145. The fourth-order valence-corrected chi connectivity index (χ4v) is 8.54. The summed E-state index contributed by atoms with van der Waals surface area (Å²) in [4.78, 5) is 34.2. The van der Waals surface area contributed by atoms with Gasteiger partial charge in [-0.15, -0.1) is 0 Å². The van der Waals surface area contributed by atoms with Crippen LogP contribution in [0.2, 0.25) is 0 Å². The molecule has 0 aromatic carbocycles. The van der Waals surface area contributed by atoms with Gasteiger partial charge in [-0.3, -0.25) is 14.4 Å². The lowest BCUT2D eigenvalue weighted by Crippen LogP contribution is -2.33. The molecule has 1 saturated heterocycles. The highest BCUT2D eigenvalue weighted by Gasteiger charge is 2.18. The van der Waals surface area contributed by atoms with Crippen molar-refractivity contribution in [2.24, 2.45) is 0 Å². The van der Waals surface area contributed by atoms with Gasteiger partial charge in [0.15, 0.2) is 0 Å². The molecule has 0 aromatic rings. The van der Waals surface area contributed by atoms with E-state index >= 15 is 0 Å². The maximum Gasteiger partial charge on any atom is 0.247 e. The van der Waals surface area contributed by atoms with Crippen LogP contribution in [0.15, 0.2) is 0 Å². The molecule has 0 atom stereocenters. The van der Waals surface area contributed by atoms with Crippen LogP contribution in [0.4, 0.5) is 0 Å². The molecule has 1 aliphatic heterocycles. The van der Waals surface area contributed by atoms with Gasteiger partial charge in [0.2, 0.25) is 11.8 Å². The van der Waals surface area contributed by atoms with E-state index in [4.69, 9.17) is 9.47 Å². The summed E-state index contributed by atoms with van der Waals surface area (Å²) in [6.45, 7) is 3.24. The van der Waals surface area contributed by atoms with Gasteiger partial charge < -0.3 is 20.1 Å². The Hall–Kier alpha value is -0.0700. The summed E-state index contributed by atoms with van der Waals surface area (Å²) >= 11 is 0. The summed E-state index contributed by atoms with van der Waals surface area (Å²) < 4.78 is 10.6. The molecule has 0 unspecified atom stereocenters. The number of carbonyl (C=O) groups is 3. The summed E-state index contributed by atoms with van der Waals surface area (Å²) in [5.41, 5.74) is 0. The Bertz CT molecular complexity index is 422. The molecule has 2 amide bonds. The maximum atomic E-state index is 11.7. The number of ether oxygens (including phenoxy) is 2. The number of hydrogen-bond acceptors (Lipinski definition) is 9. The molecule has 1 rings (SSSR count). The van der Waals surface area contributed by atoms with Crippen LogP contribution in [0.25, 0.3) is 0 Å². The molecule has 144 valence electrons. The Morgan fingerprint density at radius 2 is 1.72 bits per heavy atom. The lowest BCUT2D eigenvalue weighted by Gasteiger charge is -2.20. The largest absolute Gasteiger partial charge is 0.377 e. The van der Waals surface area contributed by atoms with Gasteiger partial charge in [-0.2, -0.15) is 0 Å². The highest BCUT2D eigenvalue weighted by molar-refractivity contribution is 8.92. The van der Waals surface area contributed by atoms with E-state index in [1.165, 1.54) is 0 Å². The standard InChI is InChI=1S/C14H24N2O5S4/c1-2-11(17)3-4-12(18)15-5-6-20-7-8-21-9-13(19)16-14-24-22-10-23-25-14/h14H,2-10H2,1H3,(H,15,18)(H,16,19). The molecule has 1 fully saturated rings. The van der Waals surface area contributed by atoms with E-state index in [-0.39, 0.29) is 41.8 Å². The maximum absolute atomic E-state index is 11.7. The van der Waals surface area contributed by atoms with Crippen molar-refractivity contribution in [1.82, 2.24) is 10.6 Å². The zero-order valence-corrected chi connectivity index (χ0v) is 17.4. The quantitative estimate of drug-likeness (QED) is 0.337. The molecule has 0 spiro atoms. The highest BCUT2D eigenvalue weighted by atomic mass is 33.2. The molecule has 11 heteroatoms. The summed E-state index contributed by atoms with van der Waals surface area (Å²) in [5, 5.41) is 6.58. The molecule has 0 bridgehead atoms. The van der Waals surface area contributed by atoms with Gasteiger partial charge in [0, 0.05) is 25.8 Å². The van der Waals surface area contributed by atoms with Crippen LogP contribution in [0, 0.1) is 0 Å². The fraction of sp³-hybridized carbons (Fsp3) is 0.786. The third kappa shape index (κ3) is 12.8. The monoisotopic (exact) mass is 428 g/mol. The summed E-state index contributed by atoms with van der Waals surface area (Å²) in [7, 11) is 6.75. The molecule has 2 N–H and O–H groups in total. The van der Waals surface area contributed by atoms with E-state index in [2.05, 4.69) is 10.6 Å². The van der Waals surface area contributed by atoms with E-state index in [1.807, 2.05) is 0 Å². The van der Waals surface area contributed by atoms with Gasteiger partial charge in [-0.05, 0) is 0 Å². The number of amides is 2. The van der Waals surface area contributed by atoms with Gasteiger partial charge >= 0.3 is 0 Å². The van der Waals surface area contributed by atoms with E-state index in [9.17, 15) is 14.4 Å². The van der Waals surface area contributed by atoms with Crippen molar-refractivity contribution in [3.05, 3.63) is 0 Å². The molecular weight excluding hydrogens is 404 g/mol. The minimum Gasteiger partial charge on any atom is -0.377 e. The topological polar surface area (TPSA) is 93.7 Å². The van der Waals surface area contributed by atoms with Gasteiger partial charge in [0.1, 0.15) is 17.1 Å². The molecule has 0 radical (unpaired) electrons. The van der Waals surface area contributed by atoms with Crippen LogP contribution in [0.1, 0.15) is 26.2 Å². The van der Waals surface area contributed by atoms with E-state index < -0.39 is 0 Å². The van der Waals surface area contributed by atoms with Crippen molar-refractivity contribution in [3.63, 3.8) is 0 Å². The molecule has 25 heavy (non-hydrogen) atoms. The smallest absolute Gasteiger partial charge is 0.247 e.